The first kappa shape index (κ1) is 12.5. The highest BCUT2D eigenvalue weighted by Gasteiger charge is 2.09. The van der Waals surface area contributed by atoms with Crippen molar-refractivity contribution in [3.63, 3.8) is 0 Å². The summed E-state index contributed by atoms with van der Waals surface area (Å²) in [5.41, 5.74) is 0. The van der Waals surface area contributed by atoms with Crippen LogP contribution in [-0.4, -0.2) is 0 Å². The van der Waals surface area contributed by atoms with E-state index in [4.69, 9.17) is 5.26 Å². The monoisotopic (exact) mass is 181 g/mol. The SMILES string of the molecule is CCCCCCCC(C)C(C)C#N. The van der Waals surface area contributed by atoms with Gasteiger partial charge in [-0.05, 0) is 19.3 Å². The molecule has 0 saturated carbocycles. The molecule has 0 aromatic heterocycles. The molecule has 2 atom stereocenters. The molecule has 1 heteroatoms. The predicted molar refractivity (Wildman–Crippen MR) is 57.3 cm³/mol. The number of nitrogens with zero attached hydrogens (tertiary/aromatic N) is 1. The molecule has 0 bridgehead atoms. The van der Waals surface area contributed by atoms with Crippen molar-refractivity contribution in [1.29, 1.82) is 5.26 Å². The van der Waals surface area contributed by atoms with Crippen molar-refractivity contribution in [2.24, 2.45) is 11.8 Å². The third-order valence-electron chi connectivity index (χ3n) is 2.82. The van der Waals surface area contributed by atoms with Gasteiger partial charge in [-0.15, -0.1) is 0 Å². The minimum atomic E-state index is 0.228. The van der Waals surface area contributed by atoms with E-state index in [-0.39, 0.29) is 5.92 Å². The maximum Gasteiger partial charge on any atom is 0.0655 e. The van der Waals surface area contributed by atoms with Gasteiger partial charge in [-0.3, -0.25) is 0 Å². The van der Waals surface area contributed by atoms with Crippen LogP contribution >= 0.6 is 0 Å². The van der Waals surface area contributed by atoms with Gasteiger partial charge in [0.25, 0.3) is 0 Å². The number of rotatable bonds is 7. The van der Waals surface area contributed by atoms with Crippen LogP contribution in [0.5, 0.6) is 0 Å². The Morgan fingerprint density at radius 1 is 1.08 bits per heavy atom. The summed E-state index contributed by atoms with van der Waals surface area (Å²) in [6.07, 6.45) is 7.90. The third kappa shape index (κ3) is 6.63. The molecule has 76 valence electrons. The van der Waals surface area contributed by atoms with E-state index in [1.165, 1.54) is 38.5 Å². The molecule has 2 unspecified atom stereocenters. The van der Waals surface area contributed by atoms with Crippen molar-refractivity contribution < 1.29 is 0 Å². The van der Waals surface area contributed by atoms with Crippen molar-refractivity contribution in [3.8, 4) is 6.07 Å². The Hall–Kier alpha value is -0.510. The van der Waals surface area contributed by atoms with Crippen molar-refractivity contribution in [1.82, 2.24) is 0 Å². The molecule has 0 aromatic rings. The van der Waals surface area contributed by atoms with Crippen molar-refractivity contribution >= 4 is 0 Å². The van der Waals surface area contributed by atoms with Crippen LogP contribution < -0.4 is 0 Å². The molecule has 13 heavy (non-hydrogen) atoms. The molecular weight excluding hydrogens is 158 g/mol. The normalized spacial score (nSPS) is 14.9. The Labute approximate surface area is 83.1 Å². The molecule has 0 spiro atoms. The van der Waals surface area contributed by atoms with Gasteiger partial charge < -0.3 is 0 Å². The van der Waals surface area contributed by atoms with E-state index in [1.54, 1.807) is 0 Å². The number of hydrogen-bond donors (Lipinski definition) is 0. The first-order valence-corrected chi connectivity index (χ1v) is 5.62. The lowest BCUT2D eigenvalue weighted by atomic mass is 9.92. The van der Waals surface area contributed by atoms with Crippen LogP contribution in [0.2, 0.25) is 0 Å². The molecule has 0 amide bonds. The maximum atomic E-state index is 8.70. The van der Waals surface area contributed by atoms with Crippen LogP contribution in [0.25, 0.3) is 0 Å². The predicted octanol–water partition coefficient (Wildman–Crippen LogP) is 4.14. The topological polar surface area (TPSA) is 23.8 Å². The third-order valence-corrected chi connectivity index (χ3v) is 2.82. The molecule has 0 rings (SSSR count). The Bertz CT molecular complexity index is 146. The molecule has 0 heterocycles. The van der Waals surface area contributed by atoms with Gasteiger partial charge in [-0.25, -0.2) is 0 Å². The van der Waals surface area contributed by atoms with E-state index in [2.05, 4.69) is 19.9 Å². The van der Waals surface area contributed by atoms with Crippen molar-refractivity contribution in [2.75, 3.05) is 0 Å². The van der Waals surface area contributed by atoms with E-state index in [1.807, 2.05) is 6.92 Å². The van der Waals surface area contributed by atoms with Crippen molar-refractivity contribution in [3.05, 3.63) is 0 Å². The van der Waals surface area contributed by atoms with Gasteiger partial charge in [0.2, 0.25) is 0 Å². The average Bonchev–Trinajstić information content (AvgIpc) is 2.16. The Morgan fingerprint density at radius 3 is 2.23 bits per heavy atom. The lowest BCUT2D eigenvalue weighted by Gasteiger charge is -2.12. The minimum Gasteiger partial charge on any atom is -0.198 e. The molecule has 0 aliphatic carbocycles. The van der Waals surface area contributed by atoms with Gasteiger partial charge in [0.15, 0.2) is 0 Å². The van der Waals surface area contributed by atoms with Gasteiger partial charge >= 0.3 is 0 Å². The first-order valence-electron chi connectivity index (χ1n) is 5.62. The van der Waals surface area contributed by atoms with Crippen molar-refractivity contribution in [2.45, 2.75) is 59.3 Å². The first-order chi connectivity index (χ1) is 6.22. The van der Waals surface area contributed by atoms with E-state index in [9.17, 15) is 0 Å². The molecule has 0 N–H and O–H groups in total. The number of nitriles is 1. The molecule has 0 aliphatic rings. The highest BCUT2D eigenvalue weighted by atomic mass is 14.3. The average molecular weight is 181 g/mol. The lowest BCUT2D eigenvalue weighted by molar-refractivity contribution is 0.412. The Balaban J connectivity index is 3.28. The summed E-state index contributed by atoms with van der Waals surface area (Å²) >= 11 is 0. The molecule has 0 aromatic carbocycles. The van der Waals surface area contributed by atoms with Crippen LogP contribution in [0.4, 0.5) is 0 Å². The van der Waals surface area contributed by atoms with Gasteiger partial charge in [0.1, 0.15) is 0 Å². The Morgan fingerprint density at radius 2 is 1.69 bits per heavy atom. The second-order valence-electron chi connectivity index (χ2n) is 4.10. The summed E-state index contributed by atoms with van der Waals surface area (Å²) in [6.45, 7) is 6.45. The van der Waals surface area contributed by atoms with Crippen LogP contribution in [0.15, 0.2) is 0 Å². The number of hydrogen-bond acceptors (Lipinski definition) is 1. The maximum absolute atomic E-state index is 8.70. The molecule has 1 nitrogen and oxygen atoms in total. The van der Waals surface area contributed by atoms with Crippen LogP contribution in [-0.2, 0) is 0 Å². The number of unbranched alkanes of at least 4 members (excludes halogenated alkanes) is 4. The highest BCUT2D eigenvalue weighted by Crippen LogP contribution is 2.18. The molecule has 0 fully saturated rings. The highest BCUT2D eigenvalue weighted by molar-refractivity contribution is 4.82. The zero-order valence-corrected chi connectivity index (χ0v) is 9.34. The summed E-state index contributed by atoms with van der Waals surface area (Å²) in [5, 5.41) is 8.70. The zero-order chi connectivity index (χ0) is 10.1. The summed E-state index contributed by atoms with van der Waals surface area (Å²) < 4.78 is 0. The summed E-state index contributed by atoms with van der Waals surface area (Å²) in [6, 6.07) is 2.32. The standard InChI is InChI=1S/C12H23N/c1-4-5-6-7-8-9-11(2)12(3)10-13/h11-12H,4-9H2,1-3H3. The molecular formula is C12H23N. The minimum absolute atomic E-state index is 0.228. The smallest absolute Gasteiger partial charge is 0.0655 e. The van der Waals surface area contributed by atoms with E-state index < -0.39 is 0 Å². The molecule has 0 saturated heterocycles. The zero-order valence-electron chi connectivity index (χ0n) is 9.34. The van der Waals surface area contributed by atoms with Gasteiger partial charge in [0, 0.05) is 5.92 Å². The van der Waals surface area contributed by atoms with Gasteiger partial charge in [-0.1, -0.05) is 46.0 Å². The summed E-state index contributed by atoms with van der Waals surface area (Å²) in [4.78, 5) is 0. The van der Waals surface area contributed by atoms with E-state index >= 15 is 0 Å². The Kier molecular flexibility index (Phi) is 7.79. The fourth-order valence-electron chi connectivity index (χ4n) is 1.45. The fraction of sp³-hybridized carbons (Fsp3) is 0.917. The van der Waals surface area contributed by atoms with Gasteiger partial charge in [-0.2, -0.15) is 5.26 Å². The fourth-order valence-corrected chi connectivity index (χ4v) is 1.45. The summed E-state index contributed by atoms with van der Waals surface area (Å²) in [5.74, 6) is 0.804. The lowest BCUT2D eigenvalue weighted by Crippen LogP contribution is -2.05. The molecule has 0 aliphatic heterocycles. The van der Waals surface area contributed by atoms with Crippen LogP contribution in [0, 0.1) is 23.2 Å². The molecule has 0 radical (unpaired) electrons. The second kappa shape index (κ2) is 8.10. The second-order valence-corrected chi connectivity index (χ2v) is 4.10. The van der Waals surface area contributed by atoms with Crippen LogP contribution in [0.3, 0.4) is 0 Å². The largest absolute Gasteiger partial charge is 0.198 e. The van der Waals surface area contributed by atoms with Gasteiger partial charge in [0.05, 0.1) is 6.07 Å². The summed E-state index contributed by atoms with van der Waals surface area (Å²) in [7, 11) is 0. The van der Waals surface area contributed by atoms with Crippen LogP contribution in [0.1, 0.15) is 59.3 Å². The van der Waals surface area contributed by atoms with E-state index in [0.29, 0.717) is 5.92 Å². The van der Waals surface area contributed by atoms with E-state index in [0.717, 1.165) is 0 Å². The quantitative estimate of drug-likeness (QED) is 0.541.